The van der Waals surface area contributed by atoms with Crippen molar-refractivity contribution < 1.29 is 9.90 Å². The lowest BCUT2D eigenvalue weighted by molar-refractivity contribution is -0.138. The van der Waals surface area contributed by atoms with Crippen molar-refractivity contribution in [3.05, 3.63) is 0 Å². The zero-order valence-corrected chi connectivity index (χ0v) is 9.19. The maximum Gasteiger partial charge on any atom is 0.303 e. The molecular formula is C10H18O2S. The van der Waals surface area contributed by atoms with Crippen molar-refractivity contribution in [1.29, 1.82) is 0 Å². The number of carbonyl (C=O) groups is 1. The van der Waals surface area contributed by atoms with Crippen LogP contribution in [-0.2, 0) is 4.79 Å². The first-order chi connectivity index (χ1) is 6.08. The fourth-order valence-corrected chi connectivity index (χ4v) is 2.57. The van der Waals surface area contributed by atoms with Crippen molar-refractivity contribution in [3.63, 3.8) is 0 Å². The lowest BCUT2D eigenvalue weighted by atomic mass is 10.1. The minimum absolute atomic E-state index is 0.167. The average molecular weight is 202 g/mol. The van der Waals surface area contributed by atoms with Crippen LogP contribution in [0.1, 0.15) is 39.5 Å². The van der Waals surface area contributed by atoms with E-state index in [2.05, 4.69) is 13.8 Å². The van der Waals surface area contributed by atoms with Gasteiger partial charge in [-0.3, -0.25) is 4.79 Å². The quantitative estimate of drug-likeness (QED) is 0.719. The van der Waals surface area contributed by atoms with Gasteiger partial charge in [-0.2, -0.15) is 11.8 Å². The lowest BCUT2D eigenvalue weighted by Gasteiger charge is -2.14. The summed E-state index contributed by atoms with van der Waals surface area (Å²) in [6.45, 7) is 4.38. The molecule has 0 aliphatic heterocycles. The number of hydrogen-bond donors (Lipinski definition) is 1. The molecule has 0 aromatic heterocycles. The molecule has 1 aliphatic rings. The highest BCUT2D eigenvalue weighted by molar-refractivity contribution is 7.99. The highest BCUT2D eigenvalue weighted by Gasteiger charge is 2.44. The van der Waals surface area contributed by atoms with Crippen molar-refractivity contribution in [2.45, 2.75) is 44.8 Å². The van der Waals surface area contributed by atoms with E-state index in [-0.39, 0.29) is 5.41 Å². The Hall–Kier alpha value is -0.180. The summed E-state index contributed by atoms with van der Waals surface area (Å²) in [6.07, 6.45) is 3.77. The van der Waals surface area contributed by atoms with Gasteiger partial charge in [-0.25, -0.2) is 0 Å². The van der Waals surface area contributed by atoms with E-state index in [1.165, 1.54) is 6.42 Å². The van der Waals surface area contributed by atoms with Gasteiger partial charge in [-0.05, 0) is 30.4 Å². The largest absolute Gasteiger partial charge is 0.481 e. The molecule has 2 nitrogen and oxygen atoms in total. The van der Waals surface area contributed by atoms with Gasteiger partial charge < -0.3 is 5.11 Å². The van der Waals surface area contributed by atoms with Crippen LogP contribution in [0.4, 0.5) is 0 Å². The summed E-state index contributed by atoms with van der Waals surface area (Å²) in [6, 6.07) is 0. The standard InChI is InChI=1S/C10H18O2S/c1-3-8(2)13-7-10(4-5-10)6-9(11)12/h8H,3-7H2,1-2H3,(H,11,12). The summed E-state index contributed by atoms with van der Waals surface area (Å²) in [5.74, 6) is 0.399. The Labute approximate surface area is 84.1 Å². The normalized spacial score (nSPS) is 21.1. The molecule has 1 N–H and O–H groups in total. The van der Waals surface area contributed by atoms with Gasteiger partial charge in [0.25, 0.3) is 0 Å². The molecule has 0 heterocycles. The number of thioether (sulfide) groups is 1. The molecule has 13 heavy (non-hydrogen) atoms. The molecule has 0 aromatic rings. The molecule has 3 heteroatoms. The maximum absolute atomic E-state index is 10.6. The third-order valence-electron chi connectivity index (χ3n) is 2.73. The Kier molecular flexibility index (Phi) is 3.65. The summed E-state index contributed by atoms with van der Waals surface area (Å²) >= 11 is 1.92. The molecule has 1 rings (SSSR count). The van der Waals surface area contributed by atoms with E-state index < -0.39 is 5.97 Å². The maximum atomic E-state index is 10.6. The topological polar surface area (TPSA) is 37.3 Å². The van der Waals surface area contributed by atoms with Crippen LogP contribution in [0.25, 0.3) is 0 Å². The van der Waals surface area contributed by atoms with E-state index in [4.69, 9.17) is 5.11 Å². The van der Waals surface area contributed by atoms with E-state index in [0.29, 0.717) is 11.7 Å². The van der Waals surface area contributed by atoms with Gasteiger partial charge >= 0.3 is 5.97 Å². The molecule has 76 valence electrons. The van der Waals surface area contributed by atoms with Crippen LogP contribution in [0, 0.1) is 5.41 Å². The van der Waals surface area contributed by atoms with Gasteiger partial charge in [-0.15, -0.1) is 0 Å². The van der Waals surface area contributed by atoms with Crippen molar-refractivity contribution in [2.24, 2.45) is 5.41 Å². The van der Waals surface area contributed by atoms with Gasteiger partial charge in [0.2, 0.25) is 0 Å². The molecule has 1 fully saturated rings. The summed E-state index contributed by atoms with van der Waals surface area (Å²) in [5.41, 5.74) is 0.167. The van der Waals surface area contributed by atoms with Crippen LogP contribution in [0.2, 0.25) is 0 Å². The second kappa shape index (κ2) is 4.36. The Morgan fingerprint density at radius 2 is 2.23 bits per heavy atom. The van der Waals surface area contributed by atoms with Crippen molar-refractivity contribution in [2.75, 3.05) is 5.75 Å². The van der Waals surface area contributed by atoms with Gasteiger partial charge in [0, 0.05) is 5.25 Å². The lowest BCUT2D eigenvalue weighted by Crippen LogP contribution is -2.12. The molecule has 1 atom stereocenters. The van der Waals surface area contributed by atoms with Crippen molar-refractivity contribution in [3.8, 4) is 0 Å². The fraction of sp³-hybridized carbons (Fsp3) is 0.900. The molecule has 0 spiro atoms. The van der Waals surface area contributed by atoms with E-state index >= 15 is 0 Å². The monoisotopic (exact) mass is 202 g/mol. The highest BCUT2D eigenvalue weighted by Crippen LogP contribution is 2.51. The van der Waals surface area contributed by atoms with Crippen LogP contribution in [0.5, 0.6) is 0 Å². The second-order valence-electron chi connectivity index (χ2n) is 4.10. The van der Waals surface area contributed by atoms with Gasteiger partial charge in [0.1, 0.15) is 0 Å². The Morgan fingerprint density at radius 3 is 2.62 bits per heavy atom. The fourth-order valence-electron chi connectivity index (χ4n) is 1.31. The van der Waals surface area contributed by atoms with Crippen LogP contribution < -0.4 is 0 Å². The third kappa shape index (κ3) is 3.59. The Balaban J connectivity index is 2.23. The minimum atomic E-state index is -0.637. The summed E-state index contributed by atoms with van der Waals surface area (Å²) < 4.78 is 0. The van der Waals surface area contributed by atoms with Gasteiger partial charge in [-0.1, -0.05) is 13.8 Å². The van der Waals surface area contributed by atoms with Crippen molar-refractivity contribution in [1.82, 2.24) is 0 Å². The predicted octanol–water partition coefficient (Wildman–Crippen LogP) is 2.77. The number of rotatable bonds is 6. The SMILES string of the molecule is CCC(C)SCC1(CC(=O)O)CC1. The summed E-state index contributed by atoms with van der Waals surface area (Å²) in [5, 5.41) is 9.37. The zero-order valence-electron chi connectivity index (χ0n) is 8.38. The molecule has 1 aliphatic carbocycles. The highest BCUT2D eigenvalue weighted by atomic mass is 32.2. The Bertz CT molecular complexity index is 187. The molecule has 0 saturated heterocycles. The smallest absolute Gasteiger partial charge is 0.303 e. The summed E-state index contributed by atoms with van der Waals surface area (Å²) in [7, 11) is 0. The average Bonchev–Trinajstić information content (AvgIpc) is 2.80. The molecule has 0 aromatic carbocycles. The van der Waals surface area contributed by atoms with E-state index in [1.54, 1.807) is 0 Å². The third-order valence-corrected chi connectivity index (χ3v) is 4.41. The van der Waals surface area contributed by atoms with Crippen LogP contribution in [0.15, 0.2) is 0 Å². The number of carboxylic acid groups (broad SMARTS) is 1. The van der Waals surface area contributed by atoms with E-state index in [9.17, 15) is 4.79 Å². The molecule has 0 amide bonds. The van der Waals surface area contributed by atoms with Crippen LogP contribution in [0.3, 0.4) is 0 Å². The second-order valence-corrected chi connectivity index (χ2v) is 5.53. The van der Waals surface area contributed by atoms with E-state index in [1.807, 2.05) is 11.8 Å². The molecule has 1 unspecified atom stereocenters. The van der Waals surface area contributed by atoms with Gasteiger partial charge in [0.05, 0.1) is 6.42 Å². The molecule has 1 saturated carbocycles. The molecule has 0 bridgehead atoms. The first-order valence-electron chi connectivity index (χ1n) is 4.91. The van der Waals surface area contributed by atoms with Crippen molar-refractivity contribution >= 4 is 17.7 Å². The number of hydrogen-bond acceptors (Lipinski definition) is 2. The molecular weight excluding hydrogens is 184 g/mol. The van der Waals surface area contributed by atoms with Crippen LogP contribution >= 0.6 is 11.8 Å². The Morgan fingerprint density at radius 1 is 1.62 bits per heavy atom. The first kappa shape index (κ1) is 10.9. The van der Waals surface area contributed by atoms with E-state index in [0.717, 1.165) is 18.6 Å². The molecule has 0 radical (unpaired) electrons. The summed E-state index contributed by atoms with van der Waals surface area (Å²) in [4.78, 5) is 10.6. The number of carboxylic acids is 1. The first-order valence-corrected chi connectivity index (χ1v) is 5.96. The van der Waals surface area contributed by atoms with Crippen LogP contribution in [-0.4, -0.2) is 22.1 Å². The minimum Gasteiger partial charge on any atom is -0.481 e. The zero-order chi connectivity index (χ0) is 9.90. The number of aliphatic carboxylic acids is 1. The van der Waals surface area contributed by atoms with Gasteiger partial charge in [0.15, 0.2) is 0 Å². The predicted molar refractivity (Wildman–Crippen MR) is 56.1 cm³/mol.